The van der Waals surface area contributed by atoms with Crippen molar-refractivity contribution in [3.63, 3.8) is 0 Å². The van der Waals surface area contributed by atoms with Gasteiger partial charge in [0.25, 0.3) is 5.69 Å². The maximum absolute atomic E-state index is 11.7. The fourth-order valence-corrected chi connectivity index (χ4v) is 1.57. The topological polar surface area (TPSA) is 91.6 Å². The number of amides is 1. The number of nitro groups is 1. The largest absolute Gasteiger partial charge is 0.370 e. The number of hydrogen-bond donors (Lipinski definition) is 1. The summed E-state index contributed by atoms with van der Waals surface area (Å²) in [6, 6.07) is 2.75. The van der Waals surface area contributed by atoms with Crippen LogP contribution >= 0.6 is 0 Å². The minimum Gasteiger partial charge on any atom is -0.370 e. The first-order valence-corrected chi connectivity index (χ1v) is 6.66. The van der Waals surface area contributed by atoms with E-state index in [1.165, 1.54) is 17.0 Å². The fraction of sp³-hybridized carbons (Fsp3) is 0.538. The SMILES string of the molecule is CCCNc1cc([N+](=O)[O-])cc(N(C)CC(=O)N(C)C)n1. The van der Waals surface area contributed by atoms with E-state index >= 15 is 0 Å². The summed E-state index contributed by atoms with van der Waals surface area (Å²) in [7, 11) is 4.99. The molecule has 116 valence electrons. The Hall–Kier alpha value is -2.38. The van der Waals surface area contributed by atoms with Gasteiger partial charge in [0, 0.05) is 27.7 Å². The highest BCUT2D eigenvalue weighted by Crippen LogP contribution is 2.22. The molecule has 1 aromatic rings. The number of likely N-dealkylation sites (N-methyl/N-ethyl adjacent to an activating group) is 2. The normalized spacial score (nSPS) is 10.1. The van der Waals surface area contributed by atoms with Gasteiger partial charge in [0.2, 0.25) is 5.91 Å². The molecule has 0 spiro atoms. The summed E-state index contributed by atoms with van der Waals surface area (Å²) in [6.45, 7) is 2.77. The average Bonchev–Trinajstić information content (AvgIpc) is 2.44. The number of pyridine rings is 1. The zero-order chi connectivity index (χ0) is 16.0. The highest BCUT2D eigenvalue weighted by Gasteiger charge is 2.16. The Morgan fingerprint density at radius 2 is 2.05 bits per heavy atom. The third-order valence-corrected chi connectivity index (χ3v) is 2.83. The molecule has 0 bridgehead atoms. The van der Waals surface area contributed by atoms with Crippen LogP contribution in [0.25, 0.3) is 0 Å². The van der Waals surface area contributed by atoms with Gasteiger partial charge < -0.3 is 15.1 Å². The molecule has 21 heavy (non-hydrogen) atoms. The van der Waals surface area contributed by atoms with Gasteiger partial charge in [0.05, 0.1) is 23.6 Å². The number of carbonyl (C=O) groups excluding carboxylic acids is 1. The summed E-state index contributed by atoms with van der Waals surface area (Å²) in [5, 5.41) is 14.0. The summed E-state index contributed by atoms with van der Waals surface area (Å²) in [5.41, 5.74) is -0.0530. The standard InChI is InChI=1S/C13H21N5O3/c1-5-6-14-11-7-10(18(20)21)8-12(15-11)17(4)9-13(19)16(2)3/h7-8H,5-6,9H2,1-4H3,(H,14,15). The van der Waals surface area contributed by atoms with E-state index in [-0.39, 0.29) is 18.1 Å². The Balaban J connectivity index is 3.01. The van der Waals surface area contributed by atoms with Gasteiger partial charge >= 0.3 is 0 Å². The number of rotatable bonds is 7. The van der Waals surface area contributed by atoms with Crippen LogP contribution in [-0.2, 0) is 4.79 Å². The van der Waals surface area contributed by atoms with E-state index in [9.17, 15) is 14.9 Å². The summed E-state index contributed by atoms with van der Waals surface area (Å²) in [5.74, 6) is 0.720. The van der Waals surface area contributed by atoms with Crippen LogP contribution in [0.5, 0.6) is 0 Å². The van der Waals surface area contributed by atoms with Crippen molar-refractivity contribution in [3.8, 4) is 0 Å². The minimum absolute atomic E-state index is 0.0530. The van der Waals surface area contributed by atoms with Crippen LogP contribution in [-0.4, -0.2) is 54.9 Å². The Bertz CT molecular complexity index is 519. The maximum atomic E-state index is 11.7. The molecule has 8 heteroatoms. The number of aromatic nitrogens is 1. The van der Waals surface area contributed by atoms with Gasteiger partial charge in [-0.3, -0.25) is 14.9 Å². The number of carbonyl (C=O) groups is 1. The highest BCUT2D eigenvalue weighted by molar-refractivity contribution is 5.80. The second-order valence-corrected chi connectivity index (χ2v) is 4.90. The molecule has 1 aromatic heterocycles. The molecule has 0 atom stereocenters. The van der Waals surface area contributed by atoms with Crippen LogP contribution in [0.3, 0.4) is 0 Å². The number of nitrogens with zero attached hydrogens (tertiary/aromatic N) is 4. The number of hydrogen-bond acceptors (Lipinski definition) is 6. The van der Waals surface area contributed by atoms with Crippen LogP contribution in [0.15, 0.2) is 12.1 Å². The molecule has 0 fully saturated rings. The first-order chi connectivity index (χ1) is 9.85. The van der Waals surface area contributed by atoms with E-state index in [0.29, 0.717) is 18.2 Å². The first kappa shape index (κ1) is 16.7. The molecule has 0 radical (unpaired) electrons. The summed E-state index contributed by atoms with van der Waals surface area (Å²) in [6.07, 6.45) is 0.884. The number of nitrogens with one attached hydrogen (secondary N) is 1. The monoisotopic (exact) mass is 295 g/mol. The van der Waals surface area contributed by atoms with Crippen molar-refractivity contribution in [1.29, 1.82) is 0 Å². The molecular weight excluding hydrogens is 274 g/mol. The van der Waals surface area contributed by atoms with Crippen LogP contribution < -0.4 is 10.2 Å². The van der Waals surface area contributed by atoms with Crippen molar-refractivity contribution in [3.05, 3.63) is 22.2 Å². The van der Waals surface area contributed by atoms with Crippen molar-refractivity contribution in [2.24, 2.45) is 0 Å². The lowest BCUT2D eigenvalue weighted by Crippen LogP contribution is -2.34. The smallest absolute Gasteiger partial charge is 0.276 e. The van der Waals surface area contributed by atoms with E-state index in [4.69, 9.17) is 0 Å². The van der Waals surface area contributed by atoms with Crippen molar-refractivity contribution in [2.75, 3.05) is 44.4 Å². The number of anilines is 2. The molecule has 1 N–H and O–H groups in total. The van der Waals surface area contributed by atoms with E-state index in [1.54, 1.807) is 26.0 Å². The Kier molecular flexibility index (Phi) is 5.89. The van der Waals surface area contributed by atoms with Gasteiger partial charge in [0.15, 0.2) is 0 Å². The van der Waals surface area contributed by atoms with Crippen molar-refractivity contribution >= 4 is 23.2 Å². The van der Waals surface area contributed by atoms with Crippen LogP contribution in [0.4, 0.5) is 17.3 Å². The molecule has 0 aliphatic heterocycles. The average molecular weight is 295 g/mol. The lowest BCUT2D eigenvalue weighted by molar-refractivity contribution is -0.384. The van der Waals surface area contributed by atoms with Crippen LogP contribution in [0.1, 0.15) is 13.3 Å². The molecule has 0 unspecified atom stereocenters. The molecule has 8 nitrogen and oxygen atoms in total. The van der Waals surface area contributed by atoms with Gasteiger partial charge in [-0.1, -0.05) is 6.92 Å². The Labute approximate surface area is 123 Å². The second kappa shape index (κ2) is 7.41. The molecule has 0 saturated heterocycles. The predicted octanol–water partition coefficient (Wildman–Crippen LogP) is 1.34. The summed E-state index contributed by atoms with van der Waals surface area (Å²) in [4.78, 5) is 29.6. The molecule has 0 aliphatic carbocycles. The third-order valence-electron chi connectivity index (χ3n) is 2.83. The van der Waals surface area contributed by atoms with Gasteiger partial charge in [-0.25, -0.2) is 4.98 Å². The van der Waals surface area contributed by atoms with E-state index in [0.717, 1.165) is 6.42 Å². The van der Waals surface area contributed by atoms with E-state index in [2.05, 4.69) is 10.3 Å². The van der Waals surface area contributed by atoms with Crippen molar-refractivity contribution in [1.82, 2.24) is 9.88 Å². The third kappa shape index (κ3) is 4.90. The molecule has 0 aromatic carbocycles. The summed E-state index contributed by atoms with van der Waals surface area (Å²) >= 11 is 0. The fourth-order valence-electron chi connectivity index (χ4n) is 1.57. The first-order valence-electron chi connectivity index (χ1n) is 6.66. The second-order valence-electron chi connectivity index (χ2n) is 4.90. The zero-order valence-corrected chi connectivity index (χ0v) is 12.8. The van der Waals surface area contributed by atoms with Gasteiger partial charge in [-0.15, -0.1) is 0 Å². The molecule has 1 rings (SSSR count). The van der Waals surface area contributed by atoms with Crippen LogP contribution in [0.2, 0.25) is 0 Å². The zero-order valence-electron chi connectivity index (χ0n) is 12.8. The molecule has 0 aliphatic rings. The van der Waals surface area contributed by atoms with Gasteiger partial charge in [0.1, 0.15) is 11.6 Å². The van der Waals surface area contributed by atoms with Gasteiger partial charge in [-0.2, -0.15) is 0 Å². The molecule has 1 amide bonds. The molecule has 1 heterocycles. The van der Waals surface area contributed by atoms with Crippen LogP contribution in [0, 0.1) is 10.1 Å². The molecule has 0 saturated carbocycles. The Morgan fingerprint density at radius 1 is 1.38 bits per heavy atom. The Morgan fingerprint density at radius 3 is 2.57 bits per heavy atom. The molecular formula is C13H21N5O3. The predicted molar refractivity (Wildman–Crippen MR) is 81.6 cm³/mol. The minimum atomic E-state index is -0.468. The lowest BCUT2D eigenvalue weighted by Gasteiger charge is -2.20. The maximum Gasteiger partial charge on any atom is 0.276 e. The van der Waals surface area contributed by atoms with E-state index in [1.807, 2.05) is 6.92 Å². The van der Waals surface area contributed by atoms with E-state index < -0.39 is 4.92 Å². The summed E-state index contributed by atoms with van der Waals surface area (Å²) < 4.78 is 0. The van der Waals surface area contributed by atoms with Gasteiger partial charge in [-0.05, 0) is 6.42 Å². The highest BCUT2D eigenvalue weighted by atomic mass is 16.6. The lowest BCUT2D eigenvalue weighted by atomic mass is 10.3. The van der Waals surface area contributed by atoms with Crippen molar-refractivity contribution < 1.29 is 9.72 Å². The quantitative estimate of drug-likeness (QED) is 0.603. The van der Waals surface area contributed by atoms with Crippen molar-refractivity contribution in [2.45, 2.75) is 13.3 Å².